The molecule has 0 saturated carbocycles. The molecule has 0 fully saturated rings. The highest BCUT2D eigenvalue weighted by Crippen LogP contribution is 2.22. The summed E-state index contributed by atoms with van der Waals surface area (Å²) in [6.45, 7) is 9.54. The van der Waals surface area contributed by atoms with Crippen molar-refractivity contribution in [2.24, 2.45) is 0 Å². The number of aromatic nitrogens is 1. The van der Waals surface area contributed by atoms with Gasteiger partial charge in [-0.05, 0) is 38.2 Å². The topological polar surface area (TPSA) is 22.0 Å². The molecular weight excluding hydrogens is 194 g/mol. The van der Waals surface area contributed by atoms with Gasteiger partial charge in [-0.15, -0.1) is 11.8 Å². The fourth-order valence-corrected chi connectivity index (χ4v) is 2.29. The zero-order chi connectivity index (χ0) is 10.9. The van der Waals surface area contributed by atoms with Gasteiger partial charge in [-0.3, -0.25) is 9.36 Å². The maximum absolute atomic E-state index is 11.8. The number of thioether (sulfide) groups is 1. The van der Waals surface area contributed by atoms with Crippen LogP contribution in [0, 0.1) is 20.8 Å². The Kier molecular flexibility index (Phi) is 3.21. The van der Waals surface area contributed by atoms with Gasteiger partial charge in [0, 0.05) is 11.8 Å². The minimum absolute atomic E-state index is 0.0347. The van der Waals surface area contributed by atoms with E-state index >= 15 is 0 Å². The molecule has 1 aromatic heterocycles. The number of nitrogens with zero attached hydrogens (tertiary/aromatic N) is 1. The van der Waals surface area contributed by atoms with Crippen LogP contribution in [-0.4, -0.2) is 10.8 Å². The van der Waals surface area contributed by atoms with E-state index in [1.807, 2.05) is 27.0 Å². The fraction of sp³-hybridized carbons (Fsp3) is 0.364. The summed E-state index contributed by atoms with van der Waals surface area (Å²) in [6, 6.07) is 0. The van der Waals surface area contributed by atoms with Gasteiger partial charge in [0.15, 0.2) is 0 Å². The monoisotopic (exact) mass is 209 g/mol. The van der Waals surface area contributed by atoms with Gasteiger partial charge in [0.25, 0.3) is 5.56 Å². The van der Waals surface area contributed by atoms with Crippen LogP contribution in [0.3, 0.4) is 0 Å². The van der Waals surface area contributed by atoms with Crippen molar-refractivity contribution in [1.29, 1.82) is 0 Å². The molecule has 0 bridgehead atoms. The zero-order valence-corrected chi connectivity index (χ0v) is 9.86. The molecule has 3 heteroatoms. The van der Waals surface area contributed by atoms with Crippen molar-refractivity contribution < 1.29 is 0 Å². The molecule has 0 N–H and O–H groups in total. The van der Waals surface area contributed by atoms with Crippen LogP contribution in [0.1, 0.15) is 16.7 Å². The van der Waals surface area contributed by atoms with Crippen LogP contribution in [0.5, 0.6) is 0 Å². The minimum atomic E-state index is 0.0347. The van der Waals surface area contributed by atoms with E-state index in [1.54, 1.807) is 22.5 Å². The Morgan fingerprint density at radius 3 is 2.21 bits per heavy atom. The summed E-state index contributed by atoms with van der Waals surface area (Å²) in [6.07, 6.45) is 3.55. The minimum Gasteiger partial charge on any atom is -0.278 e. The highest BCUT2D eigenvalue weighted by atomic mass is 32.2. The number of hydrogen-bond acceptors (Lipinski definition) is 2. The lowest BCUT2D eigenvalue weighted by Gasteiger charge is -2.13. The van der Waals surface area contributed by atoms with Gasteiger partial charge in [0.1, 0.15) is 0 Å². The molecule has 0 amide bonds. The van der Waals surface area contributed by atoms with Crippen LogP contribution in [-0.2, 0) is 0 Å². The van der Waals surface area contributed by atoms with Crippen LogP contribution in [0.15, 0.2) is 16.4 Å². The van der Waals surface area contributed by atoms with E-state index in [0.29, 0.717) is 0 Å². The van der Waals surface area contributed by atoms with Crippen LogP contribution in [0.2, 0.25) is 0 Å². The standard InChI is InChI=1S/C11H15NOS/c1-6-12-10(13)8(3)7(2)9(4)11(12)14-5/h6H,1H2,2-5H3. The smallest absolute Gasteiger partial charge is 0.258 e. The summed E-state index contributed by atoms with van der Waals surface area (Å²) >= 11 is 1.58. The van der Waals surface area contributed by atoms with E-state index in [4.69, 9.17) is 0 Å². The summed E-state index contributed by atoms with van der Waals surface area (Å²) in [5.74, 6) is 0. The van der Waals surface area contributed by atoms with E-state index in [1.165, 1.54) is 0 Å². The molecule has 0 spiro atoms. The Hall–Kier alpha value is -0.960. The molecule has 0 atom stereocenters. The molecule has 1 rings (SSSR count). The summed E-state index contributed by atoms with van der Waals surface area (Å²) < 4.78 is 1.61. The van der Waals surface area contributed by atoms with E-state index in [2.05, 4.69) is 6.58 Å². The maximum Gasteiger partial charge on any atom is 0.258 e. The first-order valence-corrected chi connectivity index (χ1v) is 5.65. The Labute approximate surface area is 88.6 Å². The van der Waals surface area contributed by atoms with Gasteiger partial charge < -0.3 is 0 Å². The quantitative estimate of drug-likeness (QED) is 0.698. The van der Waals surface area contributed by atoms with Crippen molar-refractivity contribution in [1.82, 2.24) is 4.57 Å². The van der Waals surface area contributed by atoms with Crippen molar-refractivity contribution in [3.63, 3.8) is 0 Å². The third-order valence-corrected chi connectivity index (χ3v) is 3.47. The van der Waals surface area contributed by atoms with E-state index in [0.717, 1.165) is 21.7 Å². The lowest BCUT2D eigenvalue weighted by molar-refractivity contribution is 0.877. The summed E-state index contributed by atoms with van der Waals surface area (Å²) in [5.41, 5.74) is 3.08. The van der Waals surface area contributed by atoms with Gasteiger partial charge in [-0.25, -0.2) is 0 Å². The Morgan fingerprint density at radius 1 is 1.21 bits per heavy atom. The van der Waals surface area contributed by atoms with Gasteiger partial charge in [-0.2, -0.15) is 0 Å². The molecule has 76 valence electrons. The average Bonchev–Trinajstić information content (AvgIpc) is 2.20. The largest absolute Gasteiger partial charge is 0.278 e. The molecule has 2 nitrogen and oxygen atoms in total. The predicted octanol–water partition coefficient (Wildman–Crippen LogP) is 2.60. The van der Waals surface area contributed by atoms with Crippen molar-refractivity contribution in [2.45, 2.75) is 25.8 Å². The van der Waals surface area contributed by atoms with Gasteiger partial charge in [0.05, 0.1) is 5.03 Å². The molecule has 0 unspecified atom stereocenters. The molecular formula is C11H15NOS. The van der Waals surface area contributed by atoms with Crippen LogP contribution >= 0.6 is 11.8 Å². The fourth-order valence-electron chi connectivity index (χ4n) is 1.47. The zero-order valence-electron chi connectivity index (χ0n) is 9.05. The first-order valence-electron chi connectivity index (χ1n) is 4.43. The number of rotatable bonds is 2. The second-order valence-corrected chi connectivity index (χ2v) is 4.04. The molecule has 0 saturated heterocycles. The highest BCUT2D eigenvalue weighted by molar-refractivity contribution is 7.98. The first-order chi connectivity index (χ1) is 6.54. The van der Waals surface area contributed by atoms with Crippen LogP contribution in [0.4, 0.5) is 0 Å². The van der Waals surface area contributed by atoms with Crippen molar-refractivity contribution in [3.8, 4) is 0 Å². The van der Waals surface area contributed by atoms with Crippen molar-refractivity contribution >= 4 is 18.0 Å². The average molecular weight is 209 g/mol. The lowest BCUT2D eigenvalue weighted by atomic mass is 10.1. The number of pyridine rings is 1. The second-order valence-electron chi connectivity index (χ2n) is 3.24. The van der Waals surface area contributed by atoms with E-state index in [-0.39, 0.29) is 5.56 Å². The van der Waals surface area contributed by atoms with Gasteiger partial charge in [-0.1, -0.05) is 6.58 Å². The Bertz CT molecular complexity index is 432. The van der Waals surface area contributed by atoms with Crippen molar-refractivity contribution in [2.75, 3.05) is 6.26 Å². The van der Waals surface area contributed by atoms with E-state index in [9.17, 15) is 4.79 Å². The molecule has 14 heavy (non-hydrogen) atoms. The third-order valence-electron chi connectivity index (χ3n) is 2.58. The lowest BCUT2D eigenvalue weighted by Crippen LogP contribution is -2.22. The van der Waals surface area contributed by atoms with Gasteiger partial charge >= 0.3 is 0 Å². The highest BCUT2D eigenvalue weighted by Gasteiger charge is 2.11. The number of hydrogen-bond donors (Lipinski definition) is 0. The molecule has 0 aromatic carbocycles. The molecule has 0 aliphatic heterocycles. The third kappa shape index (κ3) is 1.52. The second kappa shape index (κ2) is 4.05. The van der Waals surface area contributed by atoms with E-state index < -0.39 is 0 Å². The van der Waals surface area contributed by atoms with Gasteiger partial charge in [0.2, 0.25) is 0 Å². The molecule has 0 radical (unpaired) electrons. The van der Waals surface area contributed by atoms with Crippen LogP contribution in [0.25, 0.3) is 6.20 Å². The van der Waals surface area contributed by atoms with Crippen LogP contribution < -0.4 is 5.56 Å². The SMILES string of the molecule is C=Cn1c(SC)c(C)c(C)c(C)c1=O. The summed E-state index contributed by atoms with van der Waals surface area (Å²) in [5, 5.41) is 0.980. The normalized spacial score (nSPS) is 10.3. The van der Waals surface area contributed by atoms with Crippen molar-refractivity contribution in [3.05, 3.63) is 33.6 Å². The molecule has 1 heterocycles. The summed E-state index contributed by atoms with van der Waals surface area (Å²) in [4.78, 5) is 11.8. The predicted molar refractivity (Wildman–Crippen MR) is 63.1 cm³/mol. The maximum atomic E-state index is 11.8. The summed E-state index contributed by atoms with van der Waals surface area (Å²) in [7, 11) is 0. The molecule has 0 aliphatic rings. The Morgan fingerprint density at radius 2 is 1.79 bits per heavy atom. The molecule has 0 aliphatic carbocycles. The Balaban J connectivity index is 3.74. The molecule has 1 aromatic rings. The first kappa shape index (κ1) is 11.1.